The van der Waals surface area contributed by atoms with Crippen molar-refractivity contribution in [2.45, 2.75) is 44.7 Å². The van der Waals surface area contributed by atoms with Crippen LogP contribution in [0.15, 0.2) is 36.4 Å². The van der Waals surface area contributed by atoms with E-state index in [-0.39, 0.29) is 37.2 Å². The van der Waals surface area contributed by atoms with Gasteiger partial charge in [0.15, 0.2) is 0 Å². The molecule has 2 atom stereocenters. The maximum atomic E-state index is 13.5. The van der Waals surface area contributed by atoms with E-state index >= 15 is 0 Å². The number of amides is 1. The number of halogens is 7. The van der Waals surface area contributed by atoms with E-state index in [1.807, 2.05) is 6.92 Å². The molecule has 1 amide bonds. The highest BCUT2D eigenvalue weighted by Crippen LogP contribution is 2.36. The highest BCUT2D eigenvalue weighted by Gasteiger charge is 2.37. The molecule has 1 saturated heterocycles. The van der Waals surface area contributed by atoms with Gasteiger partial charge in [-0.2, -0.15) is 31.8 Å². The van der Waals surface area contributed by atoms with Crippen LogP contribution < -0.4 is 10.8 Å². The average molecular weight is 507 g/mol. The van der Waals surface area contributed by atoms with Crippen molar-refractivity contribution in [3.8, 4) is 0 Å². The molecule has 3 rings (SSSR count). The summed E-state index contributed by atoms with van der Waals surface area (Å²) in [7, 11) is 0. The molecule has 0 bridgehead atoms. The molecule has 0 saturated carbocycles. The predicted octanol–water partition coefficient (Wildman–Crippen LogP) is 5.39. The Morgan fingerprint density at radius 1 is 1.09 bits per heavy atom. The second-order valence-electron chi connectivity index (χ2n) is 8.31. The van der Waals surface area contributed by atoms with Gasteiger partial charge in [-0.15, -0.1) is 0 Å². The Morgan fingerprint density at radius 2 is 1.71 bits per heavy atom. The van der Waals surface area contributed by atoms with Gasteiger partial charge in [-0.1, -0.05) is 6.07 Å². The van der Waals surface area contributed by atoms with E-state index in [0.717, 1.165) is 0 Å². The lowest BCUT2D eigenvalue weighted by Gasteiger charge is -2.40. The van der Waals surface area contributed by atoms with Crippen molar-refractivity contribution in [2.24, 2.45) is 0 Å². The number of rotatable bonds is 5. The first-order valence-corrected chi connectivity index (χ1v) is 10.8. The molecule has 1 fully saturated rings. The van der Waals surface area contributed by atoms with E-state index in [2.05, 4.69) is 10.8 Å². The minimum absolute atomic E-state index is 0.0556. The fraction of sp³-hybridized carbons (Fsp3) is 0.435. The molecule has 0 aliphatic carbocycles. The van der Waals surface area contributed by atoms with E-state index in [1.165, 1.54) is 17.0 Å². The quantitative estimate of drug-likeness (QED) is 0.324. The number of nitrogens with zero attached hydrogens (tertiary/aromatic N) is 1. The van der Waals surface area contributed by atoms with Crippen LogP contribution in [0.4, 0.5) is 35.5 Å². The molecule has 0 radical (unpaired) electrons. The molecule has 2 N–H and O–H groups in total. The van der Waals surface area contributed by atoms with Crippen LogP contribution in [0.5, 0.6) is 0 Å². The zero-order valence-electron chi connectivity index (χ0n) is 18.9. The summed E-state index contributed by atoms with van der Waals surface area (Å²) in [4.78, 5) is 19.2. The Hall–Kier alpha value is -2.86. The number of piperazine rings is 1. The van der Waals surface area contributed by atoms with Crippen LogP contribution in [0, 0.1) is 12.7 Å². The molecule has 192 valence electrons. The van der Waals surface area contributed by atoms with Crippen LogP contribution in [-0.4, -0.2) is 36.7 Å². The van der Waals surface area contributed by atoms with Gasteiger partial charge in [0, 0.05) is 25.7 Å². The van der Waals surface area contributed by atoms with Crippen molar-refractivity contribution in [1.82, 2.24) is 15.7 Å². The monoisotopic (exact) mass is 507 g/mol. The van der Waals surface area contributed by atoms with Crippen LogP contribution in [0.2, 0.25) is 0 Å². The first kappa shape index (κ1) is 26.7. The molecule has 2 aromatic carbocycles. The number of aryl methyl sites for hydroxylation is 1. The van der Waals surface area contributed by atoms with E-state index in [9.17, 15) is 35.5 Å². The Kier molecular flexibility index (Phi) is 7.95. The minimum atomic E-state index is -4.94. The number of hydroxylamine groups is 1. The third kappa shape index (κ3) is 6.63. The van der Waals surface area contributed by atoms with E-state index in [1.54, 1.807) is 13.0 Å². The van der Waals surface area contributed by atoms with Gasteiger partial charge in [0.05, 0.1) is 17.2 Å². The van der Waals surface area contributed by atoms with Crippen molar-refractivity contribution in [3.63, 3.8) is 0 Å². The van der Waals surface area contributed by atoms with Gasteiger partial charge < -0.3 is 10.2 Å². The maximum absolute atomic E-state index is 13.5. The van der Waals surface area contributed by atoms with Gasteiger partial charge in [-0.3, -0.25) is 4.90 Å². The van der Waals surface area contributed by atoms with Gasteiger partial charge in [0.25, 0.3) is 0 Å². The molecule has 5 nitrogen and oxygen atoms in total. The fourth-order valence-electron chi connectivity index (χ4n) is 4.08. The lowest BCUT2D eigenvalue weighted by molar-refractivity contribution is -0.143. The first-order valence-electron chi connectivity index (χ1n) is 10.8. The largest absolute Gasteiger partial charge is 0.429 e. The lowest BCUT2D eigenvalue weighted by Crippen LogP contribution is -2.54. The summed E-state index contributed by atoms with van der Waals surface area (Å²) < 4.78 is 91.6. The molecular formula is C23H24F7N3O2. The summed E-state index contributed by atoms with van der Waals surface area (Å²) in [5.74, 6) is -0.415. The highest BCUT2D eigenvalue weighted by molar-refractivity contribution is 5.68. The summed E-state index contributed by atoms with van der Waals surface area (Å²) in [5, 5.41) is 3.23. The zero-order chi connectivity index (χ0) is 26.0. The van der Waals surface area contributed by atoms with Crippen molar-refractivity contribution in [2.75, 3.05) is 19.6 Å². The second kappa shape index (κ2) is 10.4. The molecule has 12 heteroatoms. The van der Waals surface area contributed by atoms with E-state index < -0.39 is 41.4 Å². The lowest BCUT2D eigenvalue weighted by atomic mass is 9.93. The molecule has 1 aliphatic heterocycles. The maximum Gasteiger partial charge on any atom is 0.429 e. The predicted molar refractivity (Wildman–Crippen MR) is 113 cm³/mol. The number of hydrogen-bond donors (Lipinski definition) is 2. The summed E-state index contributed by atoms with van der Waals surface area (Å²) in [6, 6.07) is 4.87. The molecule has 2 aromatic rings. The summed E-state index contributed by atoms with van der Waals surface area (Å²) >= 11 is 0. The molecule has 0 spiro atoms. The van der Waals surface area contributed by atoms with Crippen molar-refractivity contribution >= 4 is 6.09 Å². The molecule has 1 heterocycles. The summed E-state index contributed by atoms with van der Waals surface area (Å²) in [6.07, 6.45) is -10.9. The van der Waals surface area contributed by atoms with Crippen molar-refractivity contribution in [1.29, 1.82) is 0 Å². The number of benzene rings is 2. The normalized spacial score (nSPS) is 19.1. The number of carbonyl (C=O) groups is 1. The Balaban J connectivity index is 1.66. The Labute approximate surface area is 197 Å². The average Bonchev–Trinajstić information content (AvgIpc) is 2.75. The van der Waals surface area contributed by atoms with Crippen LogP contribution in [-0.2, 0) is 23.6 Å². The number of hydrogen-bond acceptors (Lipinski definition) is 4. The first-order chi connectivity index (χ1) is 16.3. The third-order valence-corrected chi connectivity index (χ3v) is 5.74. The second-order valence-corrected chi connectivity index (χ2v) is 8.31. The SMILES string of the molecule is Cc1cc(F)ccc1C1C(C)NCCN1C(=O)ONCCc1cc(C(F)(F)F)cc(C(F)(F)F)c1. The van der Waals surface area contributed by atoms with Crippen molar-refractivity contribution in [3.05, 3.63) is 70.0 Å². The molecule has 1 aliphatic rings. The Bertz CT molecular complexity index is 1020. The van der Waals surface area contributed by atoms with Gasteiger partial charge in [0.2, 0.25) is 0 Å². The van der Waals surface area contributed by atoms with Gasteiger partial charge >= 0.3 is 18.4 Å². The van der Waals surface area contributed by atoms with Gasteiger partial charge in [-0.05, 0) is 67.3 Å². The number of carbonyl (C=O) groups excluding carboxylic acids is 1. The van der Waals surface area contributed by atoms with Gasteiger partial charge in [-0.25, -0.2) is 9.18 Å². The molecular weight excluding hydrogens is 483 g/mol. The summed E-state index contributed by atoms with van der Waals surface area (Å²) in [5.41, 5.74) is 0.641. The van der Waals surface area contributed by atoms with E-state index in [4.69, 9.17) is 4.84 Å². The van der Waals surface area contributed by atoms with Crippen molar-refractivity contribution < 1.29 is 40.4 Å². The fourth-order valence-corrected chi connectivity index (χ4v) is 4.08. The smallest absolute Gasteiger partial charge is 0.354 e. The molecule has 2 unspecified atom stereocenters. The molecule has 0 aromatic heterocycles. The standard InChI is InChI=1S/C23H24F7N3O2/c1-13-9-18(24)3-4-19(13)20-14(2)31-7-8-33(20)21(34)35-32-6-5-15-10-16(22(25,26)27)12-17(11-15)23(28,29)30/h3-4,9-12,14,20,31-32H,5-8H2,1-2H3. The van der Waals surface area contributed by atoms with Crippen LogP contribution in [0.3, 0.4) is 0 Å². The topological polar surface area (TPSA) is 53.6 Å². The van der Waals surface area contributed by atoms with Gasteiger partial charge in [0.1, 0.15) is 5.82 Å². The Morgan fingerprint density at radius 3 is 2.29 bits per heavy atom. The van der Waals surface area contributed by atoms with Crippen LogP contribution >= 0.6 is 0 Å². The van der Waals surface area contributed by atoms with E-state index in [0.29, 0.717) is 29.8 Å². The summed E-state index contributed by atoms with van der Waals surface area (Å²) in [6.45, 7) is 4.09. The zero-order valence-corrected chi connectivity index (χ0v) is 18.9. The highest BCUT2D eigenvalue weighted by atomic mass is 19.4. The molecule has 35 heavy (non-hydrogen) atoms. The van der Waals surface area contributed by atoms with Crippen LogP contribution in [0.25, 0.3) is 0 Å². The minimum Gasteiger partial charge on any atom is -0.354 e. The number of nitrogens with one attached hydrogen (secondary N) is 2. The van der Waals surface area contributed by atoms with Crippen LogP contribution in [0.1, 0.15) is 40.8 Å². The number of alkyl halides is 6. The third-order valence-electron chi connectivity index (χ3n) is 5.74.